The summed E-state index contributed by atoms with van der Waals surface area (Å²) in [7, 11) is 0. The SMILES string of the molecule is CCc1ccccc1N1C(=O)/C(=C/c2ccc(OCc3ccc(Cl)cc3)cc2)SC1=S. The van der Waals surface area contributed by atoms with Gasteiger partial charge in [0.15, 0.2) is 4.32 Å². The first-order valence-corrected chi connectivity index (χ1v) is 11.5. The summed E-state index contributed by atoms with van der Waals surface area (Å²) < 4.78 is 6.39. The Morgan fingerprint density at radius 1 is 1.03 bits per heavy atom. The second-order valence-electron chi connectivity index (χ2n) is 6.98. The topological polar surface area (TPSA) is 29.5 Å². The minimum atomic E-state index is -0.0843. The number of hydrogen-bond donors (Lipinski definition) is 0. The van der Waals surface area contributed by atoms with Crippen LogP contribution < -0.4 is 9.64 Å². The zero-order valence-corrected chi connectivity index (χ0v) is 19.3. The average molecular weight is 466 g/mol. The Balaban J connectivity index is 1.46. The minimum Gasteiger partial charge on any atom is -0.489 e. The van der Waals surface area contributed by atoms with Gasteiger partial charge in [-0.25, -0.2) is 0 Å². The number of thiocarbonyl (C=S) groups is 1. The predicted octanol–water partition coefficient (Wildman–Crippen LogP) is 6.89. The number of aryl methyl sites for hydroxylation is 1. The van der Waals surface area contributed by atoms with Gasteiger partial charge in [-0.3, -0.25) is 9.69 Å². The van der Waals surface area contributed by atoms with Crippen molar-refractivity contribution >= 4 is 57.6 Å². The molecular weight excluding hydrogens is 446 g/mol. The molecule has 0 unspecified atom stereocenters. The molecule has 6 heteroatoms. The van der Waals surface area contributed by atoms with Gasteiger partial charge in [0, 0.05) is 5.02 Å². The van der Waals surface area contributed by atoms with Crippen LogP contribution in [0.3, 0.4) is 0 Å². The number of rotatable bonds is 6. The molecule has 0 aliphatic carbocycles. The van der Waals surface area contributed by atoms with E-state index in [0.29, 0.717) is 20.9 Å². The molecule has 3 nitrogen and oxygen atoms in total. The van der Waals surface area contributed by atoms with Crippen molar-refractivity contribution in [2.75, 3.05) is 4.90 Å². The molecule has 3 aromatic carbocycles. The van der Waals surface area contributed by atoms with E-state index >= 15 is 0 Å². The number of carbonyl (C=O) groups excluding carboxylic acids is 1. The number of hydrogen-bond acceptors (Lipinski definition) is 4. The number of amides is 1. The van der Waals surface area contributed by atoms with Crippen molar-refractivity contribution in [2.24, 2.45) is 0 Å². The van der Waals surface area contributed by atoms with E-state index in [1.165, 1.54) is 11.8 Å². The maximum atomic E-state index is 13.1. The monoisotopic (exact) mass is 465 g/mol. The van der Waals surface area contributed by atoms with Crippen LogP contribution in [-0.2, 0) is 17.8 Å². The Morgan fingerprint density at radius 3 is 2.45 bits per heavy atom. The van der Waals surface area contributed by atoms with Gasteiger partial charge in [-0.1, -0.05) is 85.0 Å². The summed E-state index contributed by atoms with van der Waals surface area (Å²) >= 11 is 12.8. The number of para-hydroxylation sites is 1. The number of nitrogens with zero attached hydrogens (tertiary/aromatic N) is 1. The lowest BCUT2D eigenvalue weighted by atomic mass is 10.1. The highest BCUT2D eigenvalue weighted by atomic mass is 35.5. The van der Waals surface area contributed by atoms with Crippen LogP contribution in [0, 0.1) is 0 Å². The molecule has 31 heavy (non-hydrogen) atoms. The first-order valence-electron chi connectivity index (χ1n) is 9.88. The fourth-order valence-corrected chi connectivity index (χ4v) is 4.67. The van der Waals surface area contributed by atoms with Crippen molar-refractivity contribution in [3.8, 4) is 5.75 Å². The van der Waals surface area contributed by atoms with E-state index < -0.39 is 0 Å². The van der Waals surface area contributed by atoms with Crippen molar-refractivity contribution in [1.29, 1.82) is 0 Å². The van der Waals surface area contributed by atoms with Gasteiger partial charge >= 0.3 is 0 Å². The van der Waals surface area contributed by atoms with Gasteiger partial charge in [-0.05, 0) is 59.5 Å². The summed E-state index contributed by atoms with van der Waals surface area (Å²) in [5.74, 6) is 0.676. The largest absolute Gasteiger partial charge is 0.489 e. The second kappa shape index (κ2) is 9.69. The van der Waals surface area contributed by atoms with E-state index in [1.807, 2.05) is 78.9 Å². The normalized spacial score (nSPS) is 15.0. The summed E-state index contributed by atoms with van der Waals surface area (Å²) in [6, 6.07) is 23.1. The fourth-order valence-electron chi connectivity index (χ4n) is 3.26. The summed E-state index contributed by atoms with van der Waals surface area (Å²) in [6.07, 6.45) is 2.71. The summed E-state index contributed by atoms with van der Waals surface area (Å²) in [6.45, 7) is 2.54. The molecule has 1 aliphatic heterocycles. The summed E-state index contributed by atoms with van der Waals surface area (Å²) in [5.41, 5.74) is 3.93. The predicted molar refractivity (Wildman–Crippen MR) is 134 cm³/mol. The number of thioether (sulfide) groups is 1. The van der Waals surface area contributed by atoms with Gasteiger partial charge in [0.2, 0.25) is 0 Å². The lowest BCUT2D eigenvalue weighted by molar-refractivity contribution is -0.113. The van der Waals surface area contributed by atoms with Crippen LogP contribution in [-0.4, -0.2) is 10.2 Å². The Hall–Kier alpha value is -2.60. The molecule has 3 aromatic rings. The first-order chi connectivity index (χ1) is 15.0. The van der Waals surface area contributed by atoms with Crippen LogP contribution in [0.5, 0.6) is 5.75 Å². The molecule has 0 spiro atoms. The molecule has 0 atom stereocenters. The number of halogens is 1. The van der Waals surface area contributed by atoms with E-state index in [1.54, 1.807) is 4.90 Å². The van der Waals surface area contributed by atoms with Crippen molar-refractivity contribution in [1.82, 2.24) is 0 Å². The van der Waals surface area contributed by atoms with Crippen LogP contribution >= 0.6 is 35.6 Å². The third-order valence-electron chi connectivity index (χ3n) is 4.90. The third-order valence-corrected chi connectivity index (χ3v) is 6.46. The van der Waals surface area contributed by atoms with Gasteiger partial charge in [0.25, 0.3) is 5.91 Å². The highest BCUT2D eigenvalue weighted by molar-refractivity contribution is 8.27. The molecule has 0 aromatic heterocycles. The summed E-state index contributed by atoms with van der Waals surface area (Å²) in [5, 5.41) is 0.705. The second-order valence-corrected chi connectivity index (χ2v) is 9.10. The Bertz CT molecular complexity index is 1140. The lowest BCUT2D eigenvalue weighted by Crippen LogP contribution is -2.28. The molecule has 1 amide bonds. The van der Waals surface area contributed by atoms with Gasteiger partial charge in [0.1, 0.15) is 12.4 Å². The van der Waals surface area contributed by atoms with Crippen LogP contribution in [0.25, 0.3) is 6.08 Å². The first kappa shape index (κ1) is 21.6. The number of ether oxygens (including phenoxy) is 1. The van der Waals surface area contributed by atoms with Crippen LogP contribution in [0.1, 0.15) is 23.6 Å². The van der Waals surface area contributed by atoms with E-state index in [2.05, 4.69) is 6.92 Å². The molecule has 1 heterocycles. The van der Waals surface area contributed by atoms with Crippen molar-refractivity contribution in [3.63, 3.8) is 0 Å². The highest BCUT2D eigenvalue weighted by Crippen LogP contribution is 2.37. The van der Waals surface area contributed by atoms with Crippen molar-refractivity contribution < 1.29 is 9.53 Å². The standard InChI is InChI=1S/C25H20ClNO2S2/c1-2-19-5-3-4-6-22(19)27-24(28)23(31-25(27)30)15-17-9-13-21(14-10-17)29-16-18-7-11-20(26)12-8-18/h3-15H,2,16H2,1H3/b23-15-. The number of benzene rings is 3. The number of carbonyl (C=O) groups is 1. The molecule has 1 saturated heterocycles. The molecule has 1 fully saturated rings. The molecule has 0 bridgehead atoms. The third kappa shape index (κ3) is 5.01. The molecule has 0 saturated carbocycles. The Kier molecular flexibility index (Phi) is 6.76. The van der Waals surface area contributed by atoms with Gasteiger partial charge in [-0.15, -0.1) is 0 Å². The van der Waals surface area contributed by atoms with E-state index in [-0.39, 0.29) is 5.91 Å². The fraction of sp³-hybridized carbons (Fsp3) is 0.120. The molecule has 4 rings (SSSR count). The highest BCUT2D eigenvalue weighted by Gasteiger charge is 2.34. The van der Waals surface area contributed by atoms with Gasteiger partial charge in [0.05, 0.1) is 10.6 Å². The maximum absolute atomic E-state index is 13.1. The zero-order chi connectivity index (χ0) is 21.8. The van der Waals surface area contributed by atoms with Crippen LogP contribution in [0.4, 0.5) is 5.69 Å². The zero-order valence-electron chi connectivity index (χ0n) is 16.9. The van der Waals surface area contributed by atoms with E-state index in [4.69, 9.17) is 28.6 Å². The maximum Gasteiger partial charge on any atom is 0.270 e. The average Bonchev–Trinajstić information content (AvgIpc) is 3.07. The van der Waals surface area contributed by atoms with Crippen LogP contribution in [0.15, 0.2) is 77.7 Å². The van der Waals surface area contributed by atoms with Crippen molar-refractivity contribution in [2.45, 2.75) is 20.0 Å². The quantitative estimate of drug-likeness (QED) is 0.293. The van der Waals surface area contributed by atoms with E-state index in [0.717, 1.165) is 34.5 Å². The smallest absolute Gasteiger partial charge is 0.270 e. The Labute approximate surface area is 196 Å². The van der Waals surface area contributed by atoms with Crippen LogP contribution in [0.2, 0.25) is 5.02 Å². The van der Waals surface area contributed by atoms with Crippen molar-refractivity contribution in [3.05, 3.63) is 99.4 Å². The van der Waals surface area contributed by atoms with E-state index in [9.17, 15) is 4.79 Å². The Morgan fingerprint density at radius 2 is 1.74 bits per heavy atom. The minimum absolute atomic E-state index is 0.0843. The van der Waals surface area contributed by atoms with Gasteiger partial charge in [-0.2, -0.15) is 0 Å². The molecular formula is C25H20ClNO2S2. The molecule has 1 aliphatic rings. The molecule has 156 valence electrons. The van der Waals surface area contributed by atoms with Gasteiger partial charge < -0.3 is 4.74 Å². The lowest BCUT2D eigenvalue weighted by Gasteiger charge is -2.18. The summed E-state index contributed by atoms with van der Waals surface area (Å²) in [4.78, 5) is 15.3. The molecule has 0 radical (unpaired) electrons. The number of anilines is 1. The molecule has 0 N–H and O–H groups in total.